The summed E-state index contributed by atoms with van der Waals surface area (Å²) in [7, 11) is 1.75. The molecule has 4 rings (SSSR count). The molecule has 0 aromatic rings. The summed E-state index contributed by atoms with van der Waals surface area (Å²) in [5, 5.41) is 69.3. The molecule has 0 unspecified atom stereocenters. The highest BCUT2D eigenvalue weighted by Gasteiger charge is 2.54. The maximum absolute atomic E-state index is 12.7. The zero-order chi connectivity index (χ0) is 35.3. The lowest BCUT2D eigenvalue weighted by Crippen LogP contribution is -2.67. The molecular weight excluding hydrogens is 642 g/mol. The van der Waals surface area contributed by atoms with Crippen LogP contribution in [-0.4, -0.2) is 180 Å². The van der Waals surface area contributed by atoms with Gasteiger partial charge in [0, 0.05) is 19.1 Å². The van der Waals surface area contributed by atoms with E-state index in [9.17, 15) is 35.4 Å². The monoisotopic (exact) mass is 695 g/mol. The van der Waals surface area contributed by atoms with E-state index in [2.05, 4.69) is 10.6 Å². The van der Waals surface area contributed by atoms with Gasteiger partial charge in [-0.1, -0.05) is 12.2 Å². The van der Waals surface area contributed by atoms with Crippen LogP contribution in [0.1, 0.15) is 12.8 Å². The van der Waals surface area contributed by atoms with Gasteiger partial charge in [0.15, 0.2) is 18.9 Å². The predicted octanol–water partition coefficient (Wildman–Crippen LogP) is -7.93. The van der Waals surface area contributed by atoms with Gasteiger partial charge in [-0.2, -0.15) is 0 Å². The Hall–Kier alpha value is -1.51. The fourth-order valence-electron chi connectivity index (χ4n) is 6.24. The van der Waals surface area contributed by atoms with Crippen LogP contribution < -0.4 is 39.3 Å². The van der Waals surface area contributed by atoms with Crippen molar-refractivity contribution in [2.75, 3.05) is 33.3 Å². The topological polar surface area (TPSA) is 348 Å². The molecule has 18 N–H and O–H groups in total. The Labute approximate surface area is 277 Å². The van der Waals surface area contributed by atoms with Crippen molar-refractivity contribution < 1.29 is 63.9 Å². The van der Waals surface area contributed by atoms with E-state index >= 15 is 0 Å². The number of nitrogens with two attached hydrogens (primary N) is 5. The minimum absolute atomic E-state index is 0.0169. The molecule has 1 aliphatic carbocycles. The van der Waals surface area contributed by atoms with E-state index in [4.69, 9.17) is 57.1 Å². The molecule has 0 aromatic heterocycles. The van der Waals surface area contributed by atoms with Crippen molar-refractivity contribution in [3.05, 3.63) is 12.2 Å². The van der Waals surface area contributed by atoms with E-state index in [0.717, 1.165) is 0 Å². The van der Waals surface area contributed by atoms with Gasteiger partial charge in [-0.15, -0.1) is 0 Å². The van der Waals surface area contributed by atoms with Crippen LogP contribution in [0.5, 0.6) is 0 Å². The van der Waals surface area contributed by atoms with Crippen LogP contribution in [0.3, 0.4) is 0 Å². The first-order valence-electron chi connectivity index (χ1n) is 16.1. The van der Waals surface area contributed by atoms with Gasteiger partial charge < -0.3 is 98.4 Å². The second-order valence-corrected chi connectivity index (χ2v) is 12.5. The number of carbonyl (C=O) groups is 1. The predicted molar refractivity (Wildman–Crippen MR) is 164 cm³/mol. The Balaban J connectivity index is 1.55. The van der Waals surface area contributed by atoms with Crippen molar-refractivity contribution in [1.82, 2.24) is 10.6 Å². The molecule has 0 bridgehead atoms. The SMILES string of the molecule is CNC[C@@H]1C=C[C@@H](N)[C@@H](O[C@H]2[C@H](O[C@@H]3O[C@H](CO)[C@@H](O[C@H]4O[C@@H](CN)[C@@H](O)[C@H](O)[C@H]4N)[C@H]3O)[C@@H](O)[C@H](NC(=O)[C@@H](O)CCN)C[C@@H]2N)O1. The van der Waals surface area contributed by atoms with E-state index in [0.29, 0.717) is 6.54 Å². The number of hydrogen-bond donors (Lipinski definition) is 13. The van der Waals surface area contributed by atoms with Crippen molar-refractivity contribution >= 4 is 5.91 Å². The highest BCUT2D eigenvalue weighted by Crippen LogP contribution is 2.34. The van der Waals surface area contributed by atoms with Gasteiger partial charge >= 0.3 is 0 Å². The van der Waals surface area contributed by atoms with Crippen LogP contribution >= 0.6 is 0 Å². The van der Waals surface area contributed by atoms with E-state index in [-0.39, 0.29) is 25.9 Å². The van der Waals surface area contributed by atoms with Crippen LogP contribution in [0.15, 0.2) is 12.2 Å². The fraction of sp³-hybridized carbons (Fsp3) is 0.893. The summed E-state index contributed by atoms with van der Waals surface area (Å²) in [5.74, 6) is -0.787. The normalized spacial score (nSPS) is 45.6. The highest BCUT2D eigenvalue weighted by molar-refractivity contribution is 5.80. The highest BCUT2D eigenvalue weighted by atomic mass is 16.8. The number of nitrogens with one attached hydrogen (secondary N) is 2. The van der Waals surface area contributed by atoms with Gasteiger partial charge in [0.25, 0.3) is 0 Å². The van der Waals surface area contributed by atoms with Gasteiger partial charge in [-0.3, -0.25) is 4.79 Å². The van der Waals surface area contributed by atoms with E-state index in [1.165, 1.54) is 0 Å². The van der Waals surface area contributed by atoms with E-state index < -0.39 is 123 Å². The Kier molecular flexibility index (Phi) is 14.4. The second kappa shape index (κ2) is 17.6. The van der Waals surface area contributed by atoms with Crippen LogP contribution in [0.4, 0.5) is 0 Å². The maximum atomic E-state index is 12.7. The second-order valence-electron chi connectivity index (χ2n) is 12.5. The van der Waals surface area contributed by atoms with Crippen molar-refractivity contribution in [3.8, 4) is 0 Å². The minimum atomic E-state index is -1.64. The zero-order valence-electron chi connectivity index (χ0n) is 26.7. The van der Waals surface area contributed by atoms with Crippen LogP contribution in [0, 0.1) is 0 Å². The van der Waals surface area contributed by atoms with Gasteiger partial charge in [-0.05, 0) is 26.4 Å². The number of rotatable bonds is 14. The smallest absolute Gasteiger partial charge is 0.249 e. The number of aliphatic hydroxyl groups is 6. The summed E-state index contributed by atoms with van der Waals surface area (Å²) >= 11 is 0. The molecule has 4 aliphatic rings. The first-order chi connectivity index (χ1) is 22.8. The molecule has 1 saturated carbocycles. The van der Waals surface area contributed by atoms with Crippen LogP contribution in [0.2, 0.25) is 0 Å². The number of hydrogen-bond acceptors (Lipinski definition) is 19. The summed E-state index contributed by atoms with van der Waals surface area (Å²) in [6, 6.07) is -3.93. The largest absolute Gasteiger partial charge is 0.394 e. The zero-order valence-corrected chi connectivity index (χ0v) is 26.7. The van der Waals surface area contributed by atoms with Crippen molar-refractivity contribution in [1.29, 1.82) is 0 Å². The summed E-state index contributed by atoms with van der Waals surface area (Å²) in [4.78, 5) is 12.7. The molecule has 2 saturated heterocycles. The molecule has 0 aromatic carbocycles. The molecule has 0 spiro atoms. The lowest BCUT2D eigenvalue weighted by molar-refractivity contribution is -0.284. The molecule has 0 radical (unpaired) electrons. The molecule has 18 atom stereocenters. The summed E-state index contributed by atoms with van der Waals surface area (Å²) in [6.45, 7) is -0.345. The number of carbonyl (C=O) groups excluding carboxylic acids is 1. The Morgan fingerprint density at radius 2 is 1.54 bits per heavy atom. The lowest BCUT2D eigenvalue weighted by atomic mass is 9.83. The average molecular weight is 696 g/mol. The third-order valence-corrected chi connectivity index (χ3v) is 8.99. The van der Waals surface area contributed by atoms with Crippen molar-refractivity contribution in [2.24, 2.45) is 28.7 Å². The van der Waals surface area contributed by atoms with E-state index in [1.807, 2.05) is 0 Å². The summed E-state index contributed by atoms with van der Waals surface area (Å²) in [6.07, 6.45) is -14.5. The molecule has 20 nitrogen and oxygen atoms in total. The molecule has 20 heteroatoms. The van der Waals surface area contributed by atoms with Crippen LogP contribution in [-0.2, 0) is 33.2 Å². The van der Waals surface area contributed by atoms with E-state index in [1.54, 1.807) is 19.2 Å². The van der Waals surface area contributed by atoms with Crippen molar-refractivity contribution in [3.63, 3.8) is 0 Å². The third-order valence-electron chi connectivity index (χ3n) is 8.99. The Morgan fingerprint density at radius 3 is 2.19 bits per heavy atom. The first kappa shape index (κ1) is 39.3. The molecular formula is C28H53N7O13. The number of likely N-dealkylation sites (N-methyl/N-ethyl adjacent to an activating group) is 1. The van der Waals surface area contributed by atoms with Gasteiger partial charge in [0.1, 0.15) is 61.0 Å². The molecule has 1 amide bonds. The molecule has 278 valence electrons. The lowest BCUT2D eigenvalue weighted by Gasteiger charge is -2.46. The summed E-state index contributed by atoms with van der Waals surface area (Å²) < 4.78 is 35.6. The van der Waals surface area contributed by atoms with Gasteiger partial charge in [-0.25, -0.2) is 0 Å². The first-order valence-corrected chi connectivity index (χ1v) is 16.1. The Bertz CT molecular complexity index is 1050. The van der Waals surface area contributed by atoms with Crippen molar-refractivity contribution in [2.45, 2.75) is 123 Å². The molecule has 3 fully saturated rings. The van der Waals surface area contributed by atoms with Crippen LogP contribution in [0.25, 0.3) is 0 Å². The average Bonchev–Trinajstić information content (AvgIpc) is 3.36. The Morgan fingerprint density at radius 1 is 0.875 bits per heavy atom. The maximum Gasteiger partial charge on any atom is 0.249 e. The quantitative estimate of drug-likeness (QED) is 0.0750. The summed E-state index contributed by atoms with van der Waals surface area (Å²) in [5.41, 5.74) is 29.9. The minimum Gasteiger partial charge on any atom is -0.394 e. The number of ether oxygens (including phenoxy) is 6. The van der Waals surface area contributed by atoms with Gasteiger partial charge in [0.2, 0.25) is 5.91 Å². The number of amides is 1. The number of aliphatic hydroxyl groups excluding tert-OH is 6. The molecule has 48 heavy (non-hydrogen) atoms. The standard InChI is InChI=1S/C28H53N7O13/c1-34-8-10-2-3-11(31)26(43-10)46-22-12(32)6-13(35-25(42)14(37)4-5-29)18(38)24(22)48-28-21(41)23(16(9-36)45-28)47-27-17(33)20(40)19(39)15(7-30)44-27/h2-3,10-24,26-28,34,36-41H,4-9,29-33H2,1H3,(H,35,42)/t10-,11+,12-,13+,14-,15-,16+,17+,18-,19+,20+,21+,22+,23+,24+,26+,27+,28-/m0/s1. The third kappa shape index (κ3) is 8.85. The molecule has 3 aliphatic heterocycles. The molecule has 3 heterocycles. The fourth-order valence-corrected chi connectivity index (χ4v) is 6.24. The van der Waals surface area contributed by atoms with Gasteiger partial charge in [0.05, 0.1) is 30.8 Å².